The Morgan fingerprint density at radius 3 is 2.78 bits per heavy atom. The van der Waals surface area contributed by atoms with Gasteiger partial charge >= 0.3 is 0 Å². The predicted octanol–water partition coefficient (Wildman–Crippen LogP) is 3.76. The maximum atomic E-state index is 13.4. The molecule has 3 nitrogen and oxygen atoms in total. The molecule has 0 fully saturated rings. The van der Waals surface area contributed by atoms with Gasteiger partial charge in [-0.15, -0.1) is 0 Å². The molecule has 0 spiro atoms. The SMILES string of the molecule is CCc1nc(Cl)cc(Oc2cccc(F)c2F)n1. The smallest absolute Gasteiger partial charge is 0.224 e. The lowest BCUT2D eigenvalue weighted by molar-refractivity contribution is 0.403. The molecule has 0 radical (unpaired) electrons. The Hall–Kier alpha value is -1.75. The quantitative estimate of drug-likeness (QED) is 0.797. The fourth-order valence-corrected chi connectivity index (χ4v) is 1.52. The van der Waals surface area contributed by atoms with Crippen LogP contribution in [-0.4, -0.2) is 9.97 Å². The largest absolute Gasteiger partial charge is 0.436 e. The van der Waals surface area contributed by atoms with Crippen LogP contribution in [0.5, 0.6) is 11.6 Å². The zero-order valence-corrected chi connectivity index (χ0v) is 10.2. The summed E-state index contributed by atoms with van der Waals surface area (Å²) in [7, 11) is 0. The fraction of sp³-hybridized carbons (Fsp3) is 0.167. The molecule has 18 heavy (non-hydrogen) atoms. The van der Waals surface area contributed by atoms with Gasteiger partial charge < -0.3 is 4.74 Å². The average Bonchev–Trinajstić information content (AvgIpc) is 2.34. The molecule has 0 unspecified atom stereocenters. The van der Waals surface area contributed by atoms with Crippen LogP contribution in [-0.2, 0) is 6.42 Å². The second-order valence-corrected chi connectivity index (χ2v) is 3.84. The first-order valence-corrected chi connectivity index (χ1v) is 5.63. The van der Waals surface area contributed by atoms with Crippen molar-refractivity contribution < 1.29 is 13.5 Å². The number of benzene rings is 1. The standard InChI is InChI=1S/C12H9ClF2N2O/c1-2-10-16-9(13)6-11(17-10)18-8-5-3-4-7(14)12(8)15/h3-6H,2H2,1H3. The number of hydrogen-bond donors (Lipinski definition) is 0. The first kappa shape index (κ1) is 12.7. The van der Waals surface area contributed by atoms with Crippen LogP contribution in [0.25, 0.3) is 0 Å². The van der Waals surface area contributed by atoms with Crippen molar-refractivity contribution >= 4 is 11.6 Å². The van der Waals surface area contributed by atoms with Crippen molar-refractivity contribution in [3.05, 3.63) is 46.9 Å². The molecule has 94 valence electrons. The van der Waals surface area contributed by atoms with Crippen molar-refractivity contribution in [2.24, 2.45) is 0 Å². The van der Waals surface area contributed by atoms with Crippen LogP contribution in [0.1, 0.15) is 12.7 Å². The van der Waals surface area contributed by atoms with Gasteiger partial charge in [0.05, 0.1) is 0 Å². The number of nitrogens with zero attached hydrogens (tertiary/aromatic N) is 2. The minimum Gasteiger partial charge on any atom is -0.436 e. The zero-order valence-electron chi connectivity index (χ0n) is 9.45. The van der Waals surface area contributed by atoms with Crippen LogP contribution in [0.2, 0.25) is 5.15 Å². The van der Waals surface area contributed by atoms with Gasteiger partial charge in [0.1, 0.15) is 11.0 Å². The van der Waals surface area contributed by atoms with Crippen LogP contribution in [0.4, 0.5) is 8.78 Å². The summed E-state index contributed by atoms with van der Waals surface area (Å²) in [4.78, 5) is 7.95. The second kappa shape index (κ2) is 5.27. The zero-order chi connectivity index (χ0) is 13.1. The maximum Gasteiger partial charge on any atom is 0.224 e. The van der Waals surface area contributed by atoms with Crippen LogP contribution >= 0.6 is 11.6 Å². The van der Waals surface area contributed by atoms with E-state index in [0.29, 0.717) is 12.2 Å². The Morgan fingerprint density at radius 2 is 2.06 bits per heavy atom. The molecule has 0 aliphatic heterocycles. The minimum atomic E-state index is -1.06. The Labute approximate surface area is 107 Å². The first-order valence-electron chi connectivity index (χ1n) is 5.25. The highest BCUT2D eigenvalue weighted by molar-refractivity contribution is 6.29. The molecular formula is C12H9ClF2N2O. The van der Waals surface area contributed by atoms with E-state index < -0.39 is 11.6 Å². The van der Waals surface area contributed by atoms with Crippen LogP contribution in [0, 0.1) is 11.6 Å². The Kier molecular flexibility index (Phi) is 3.72. The minimum absolute atomic E-state index is 0.0800. The third-order valence-electron chi connectivity index (χ3n) is 2.16. The molecule has 1 aromatic carbocycles. The number of hydrogen-bond acceptors (Lipinski definition) is 3. The highest BCUT2D eigenvalue weighted by Gasteiger charge is 2.11. The lowest BCUT2D eigenvalue weighted by Gasteiger charge is -2.07. The highest BCUT2D eigenvalue weighted by atomic mass is 35.5. The Bertz CT molecular complexity index is 578. The number of ether oxygens (including phenoxy) is 1. The first-order chi connectivity index (χ1) is 8.60. The van der Waals surface area contributed by atoms with E-state index in [0.717, 1.165) is 6.07 Å². The van der Waals surface area contributed by atoms with E-state index in [1.807, 2.05) is 6.92 Å². The summed E-state index contributed by atoms with van der Waals surface area (Å²) in [6.07, 6.45) is 0.558. The molecule has 0 N–H and O–H groups in total. The number of aryl methyl sites for hydroxylation is 1. The summed E-state index contributed by atoms with van der Waals surface area (Å²) in [6.45, 7) is 1.85. The molecule has 2 rings (SSSR count). The van der Waals surface area contributed by atoms with Gasteiger partial charge in [0, 0.05) is 12.5 Å². The van der Waals surface area contributed by atoms with Crippen molar-refractivity contribution in [2.75, 3.05) is 0 Å². The van der Waals surface area contributed by atoms with E-state index in [9.17, 15) is 8.78 Å². The molecule has 2 aromatic rings. The normalized spacial score (nSPS) is 10.4. The van der Waals surface area contributed by atoms with Gasteiger partial charge in [0.2, 0.25) is 11.7 Å². The van der Waals surface area contributed by atoms with E-state index in [-0.39, 0.29) is 16.8 Å². The van der Waals surface area contributed by atoms with Crippen molar-refractivity contribution in [2.45, 2.75) is 13.3 Å². The Balaban J connectivity index is 2.34. The lowest BCUT2D eigenvalue weighted by atomic mass is 10.3. The average molecular weight is 271 g/mol. The summed E-state index contributed by atoms with van der Waals surface area (Å²) in [5, 5.41) is 0.189. The second-order valence-electron chi connectivity index (χ2n) is 3.45. The number of aromatic nitrogens is 2. The maximum absolute atomic E-state index is 13.4. The topological polar surface area (TPSA) is 35.0 Å². The summed E-state index contributed by atoms with van der Waals surface area (Å²) in [5.74, 6) is -1.74. The van der Waals surface area contributed by atoms with Crippen molar-refractivity contribution in [3.63, 3.8) is 0 Å². The number of halogens is 3. The van der Waals surface area contributed by atoms with Gasteiger partial charge in [0.15, 0.2) is 11.6 Å². The predicted molar refractivity (Wildman–Crippen MR) is 62.9 cm³/mol. The summed E-state index contributed by atoms with van der Waals surface area (Å²) < 4.78 is 31.5. The lowest BCUT2D eigenvalue weighted by Crippen LogP contribution is -1.98. The van der Waals surface area contributed by atoms with E-state index in [1.54, 1.807) is 0 Å². The number of rotatable bonds is 3. The molecular weight excluding hydrogens is 262 g/mol. The molecule has 0 saturated heterocycles. The van der Waals surface area contributed by atoms with Gasteiger partial charge in [-0.3, -0.25) is 0 Å². The van der Waals surface area contributed by atoms with Crippen LogP contribution < -0.4 is 4.74 Å². The molecule has 0 atom stereocenters. The molecule has 0 aliphatic carbocycles. The third-order valence-corrected chi connectivity index (χ3v) is 2.36. The van der Waals surface area contributed by atoms with E-state index in [2.05, 4.69) is 9.97 Å². The van der Waals surface area contributed by atoms with Crippen molar-refractivity contribution in [3.8, 4) is 11.6 Å². The highest BCUT2D eigenvalue weighted by Crippen LogP contribution is 2.25. The molecule has 6 heteroatoms. The van der Waals surface area contributed by atoms with Gasteiger partial charge in [-0.1, -0.05) is 24.6 Å². The molecule has 0 bridgehead atoms. The van der Waals surface area contributed by atoms with Crippen molar-refractivity contribution in [1.82, 2.24) is 9.97 Å². The third kappa shape index (κ3) is 2.73. The molecule has 0 amide bonds. The molecule has 0 aliphatic rings. The van der Waals surface area contributed by atoms with Gasteiger partial charge in [0.25, 0.3) is 0 Å². The molecule has 1 heterocycles. The Morgan fingerprint density at radius 1 is 1.28 bits per heavy atom. The summed E-state index contributed by atoms with van der Waals surface area (Å²) in [5.41, 5.74) is 0. The van der Waals surface area contributed by atoms with E-state index >= 15 is 0 Å². The summed E-state index contributed by atoms with van der Waals surface area (Å²) in [6, 6.07) is 5.00. The van der Waals surface area contributed by atoms with E-state index in [4.69, 9.17) is 16.3 Å². The fourth-order valence-electron chi connectivity index (χ4n) is 1.33. The van der Waals surface area contributed by atoms with Gasteiger partial charge in [-0.25, -0.2) is 9.37 Å². The van der Waals surface area contributed by atoms with Crippen LogP contribution in [0.3, 0.4) is 0 Å². The van der Waals surface area contributed by atoms with Crippen LogP contribution in [0.15, 0.2) is 24.3 Å². The van der Waals surface area contributed by atoms with E-state index in [1.165, 1.54) is 18.2 Å². The van der Waals surface area contributed by atoms with Gasteiger partial charge in [-0.2, -0.15) is 9.37 Å². The van der Waals surface area contributed by atoms with Crippen molar-refractivity contribution in [1.29, 1.82) is 0 Å². The summed E-state index contributed by atoms with van der Waals surface area (Å²) >= 11 is 5.77. The van der Waals surface area contributed by atoms with Gasteiger partial charge in [-0.05, 0) is 12.1 Å². The molecule has 1 aromatic heterocycles. The monoisotopic (exact) mass is 270 g/mol. The molecule has 0 saturated carbocycles.